The molecular weight excluding hydrogens is 692 g/mol. The molecule has 5 rings (SSSR count). The lowest BCUT2D eigenvalue weighted by molar-refractivity contribution is -0.133. The second-order valence-electron chi connectivity index (χ2n) is 14.1. The fraction of sp³-hybridized carbons (Fsp3) is 0.400. The van der Waals surface area contributed by atoms with Crippen LogP contribution in [0.4, 0.5) is 0 Å². The third-order valence-electron chi connectivity index (χ3n) is 9.33. The zero-order chi connectivity index (χ0) is 38.8. The molecule has 4 atom stereocenters. The van der Waals surface area contributed by atoms with Crippen LogP contribution >= 0.6 is 0 Å². The molecule has 14 heteroatoms. The van der Waals surface area contributed by atoms with E-state index in [1.54, 1.807) is 51.1 Å². The standard InChI is InChI=1S/C40H48N6O8/c1-24(2)36-40(53)42-25(3)23-54-33-8-5-4-7-30(33)37(50)44-32(20-34(48)43-31(39(52)45-36)19-26-14-16-29(47)17-15-26)38(51)41-21-27-10-12-28(13-11-27)22-46-18-6-9-35(46)49/h4-5,7-8,10-17,24-25,31-32,36,47H,6,9,18-23H2,1-3H3,(H,41,51)(H,42,53)(H,43,48)(H,44,50)(H,45,52)/t25-,31-,32-,36+/m0/s1. The lowest BCUT2D eigenvalue weighted by Crippen LogP contribution is -2.57. The Bertz CT molecular complexity index is 1830. The Labute approximate surface area is 314 Å². The highest BCUT2D eigenvalue weighted by Crippen LogP contribution is 2.20. The van der Waals surface area contributed by atoms with Gasteiger partial charge in [-0.05, 0) is 60.2 Å². The number of phenolic OH excluding ortho intramolecular Hbond substituents is 1. The molecule has 0 bridgehead atoms. The van der Waals surface area contributed by atoms with Gasteiger partial charge in [0.2, 0.25) is 29.5 Å². The zero-order valence-electron chi connectivity index (χ0n) is 30.7. The van der Waals surface area contributed by atoms with E-state index in [0.29, 0.717) is 18.5 Å². The number of rotatable bonds is 8. The van der Waals surface area contributed by atoms with E-state index in [4.69, 9.17) is 4.74 Å². The van der Waals surface area contributed by atoms with Crippen molar-refractivity contribution in [3.05, 3.63) is 95.1 Å². The third-order valence-corrected chi connectivity index (χ3v) is 9.33. The van der Waals surface area contributed by atoms with Crippen molar-refractivity contribution in [2.75, 3.05) is 13.2 Å². The summed E-state index contributed by atoms with van der Waals surface area (Å²) in [5.41, 5.74) is 2.46. The number of para-hydroxylation sites is 1. The van der Waals surface area contributed by atoms with Gasteiger partial charge in [-0.25, -0.2) is 0 Å². The number of likely N-dealkylation sites (tertiary alicyclic amines) is 1. The maximum absolute atomic E-state index is 13.8. The van der Waals surface area contributed by atoms with Crippen LogP contribution in [0.2, 0.25) is 0 Å². The molecule has 0 aromatic heterocycles. The number of fused-ring (bicyclic) bond motifs is 1. The normalized spacial score (nSPS) is 21.6. The molecule has 6 amide bonds. The van der Waals surface area contributed by atoms with E-state index in [9.17, 15) is 33.9 Å². The number of benzene rings is 3. The number of hydrogen-bond donors (Lipinski definition) is 6. The number of nitrogens with zero attached hydrogens (tertiary/aromatic N) is 1. The molecule has 0 spiro atoms. The molecule has 0 unspecified atom stereocenters. The van der Waals surface area contributed by atoms with Crippen LogP contribution in [0.1, 0.15) is 67.1 Å². The number of amides is 6. The average Bonchev–Trinajstić information content (AvgIpc) is 3.55. The second-order valence-corrected chi connectivity index (χ2v) is 14.1. The minimum atomic E-state index is -1.36. The number of carbonyl (C=O) groups is 6. The van der Waals surface area contributed by atoms with Gasteiger partial charge in [-0.15, -0.1) is 0 Å². The molecule has 3 aromatic carbocycles. The summed E-state index contributed by atoms with van der Waals surface area (Å²) in [6.07, 6.45) is 0.891. The minimum absolute atomic E-state index is 0.00461. The van der Waals surface area contributed by atoms with E-state index in [1.165, 1.54) is 18.2 Å². The fourth-order valence-corrected chi connectivity index (χ4v) is 6.29. The molecule has 286 valence electrons. The van der Waals surface area contributed by atoms with Crippen LogP contribution in [0.3, 0.4) is 0 Å². The summed E-state index contributed by atoms with van der Waals surface area (Å²) in [6, 6.07) is 16.0. The molecule has 54 heavy (non-hydrogen) atoms. The molecule has 3 aromatic rings. The summed E-state index contributed by atoms with van der Waals surface area (Å²) in [6.45, 7) is 6.61. The Balaban J connectivity index is 1.39. The van der Waals surface area contributed by atoms with Crippen LogP contribution in [0.25, 0.3) is 0 Å². The molecule has 6 N–H and O–H groups in total. The van der Waals surface area contributed by atoms with Crippen molar-refractivity contribution in [3.63, 3.8) is 0 Å². The molecule has 0 aliphatic carbocycles. The molecule has 2 aliphatic heterocycles. The Morgan fingerprint density at radius 1 is 0.870 bits per heavy atom. The third kappa shape index (κ3) is 10.8. The lowest BCUT2D eigenvalue weighted by atomic mass is 10.0. The summed E-state index contributed by atoms with van der Waals surface area (Å²) in [7, 11) is 0. The molecule has 14 nitrogen and oxygen atoms in total. The molecule has 0 radical (unpaired) electrons. The van der Waals surface area contributed by atoms with Crippen molar-refractivity contribution in [1.29, 1.82) is 0 Å². The van der Waals surface area contributed by atoms with Crippen LogP contribution in [-0.4, -0.2) is 82.8 Å². The van der Waals surface area contributed by atoms with Crippen molar-refractivity contribution in [3.8, 4) is 11.5 Å². The monoisotopic (exact) mass is 740 g/mol. The van der Waals surface area contributed by atoms with Gasteiger partial charge in [0.1, 0.15) is 36.2 Å². The predicted octanol–water partition coefficient (Wildman–Crippen LogP) is 2.08. The average molecular weight is 741 g/mol. The van der Waals surface area contributed by atoms with E-state index in [-0.39, 0.29) is 48.5 Å². The predicted molar refractivity (Wildman–Crippen MR) is 199 cm³/mol. The van der Waals surface area contributed by atoms with Crippen molar-refractivity contribution in [2.24, 2.45) is 5.92 Å². The zero-order valence-corrected chi connectivity index (χ0v) is 30.7. The Kier molecular flexibility index (Phi) is 13.3. The smallest absolute Gasteiger partial charge is 0.255 e. The van der Waals surface area contributed by atoms with Crippen LogP contribution in [0.5, 0.6) is 11.5 Å². The van der Waals surface area contributed by atoms with Crippen molar-refractivity contribution < 1.29 is 38.6 Å². The van der Waals surface area contributed by atoms with Gasteiger partial charge in [0, 0.05) is 32.5 Å². The Morgan fingerprint density at radius 2 is 1.56 bits per heavy atom. The number of phenols is 1. The van der Waals surface area contributed by atoms with E-state index < -0.39 is 60.1 Å². The van der Waals surface area contributed by atoms with Gasteiger partial charge in [-0.1, -0.05) is 62.4 Å². The van der Waals surface area contributed by atoms with Crippen LogP contribution in [0, 0.1) is 5.92 Å². The largest absolute Gasteiger partial charge is 0.508 e. The van der Waals surface area contributed by atoms with Crippen molar-refractivity contribution >= 4 is 35.4 Å². The highest BCUT2D eigenvalue weighted by atomic mass is 16.5. The number of aromatic hydroxyl groups is 1. The molecule has 2 heterocycles. The van der Waals surface area contributed by atoms with Crippen LogP contribution in [-0.2, 0) is 43.5 Å². The highest BCUT2D eigenvalue weighted by molar-refractivity contribution is 6.01. The van der Waals surface area contributed by atoms with Gasteiger partial charge in [-0.3, -0.25) is 28.8 Å². The minimum Gasteiger partial charge on any atom is -0.508 e. The summed E-state index contributed by atoms with van der Waals surface area (Å²) in [5, 5.41) is 23.6. The summed E-state index contributed by atoms with van der Waals surface area (Å²) in [4.78, 5) is 82.2. The number of nitrogens with one attached hydrogen (secondary N) is 5. The highest BCUT2D eigenvalue weighted by Gasteiger charge is 2.32. The topological polar surface area (TPSA) is 195 Å². The molecule has 1 fully saturated rings. The molecular formula is C40H48N6O8. The quantitative estimate of drug-likeness (QED) is 0.202. The van der Waals surface area contributed by atoms with E-state index in [2.05, 4.69) is 26.6 Å². The molecule has 0 saturated carbocycles. The van der Waals surface area contributed by atoms with Gasteiger partial charge >= 0.3 is 0 Å². The van der Waals surface area contributed by atoms with Crippen LogP contribution < -0.4 is 31.3 Å². The van der Waals surface area contributed by atoms with Crippen LogP contribution in [0.15, 0.2) is 72.8 Å². The van der Waals surface area contributed by atoms with E-state index in [0.717, 1.165) is 24.1 Å². The summed E-state index contributed by atoms with van der Waals surface area (Å²) >= 11 is 0. The Morgan fingerprint density at radius 3 is 2.24 bits per heavy atom. The summed E-state index contributed by atoms with van der Waals surface area (Å²) < 4.78 is 5.95. The first-order valence-electron chi connectivity index (χ1n) is 18.2. The maximum Gasteiger partial charge on any atom is 0.255 e. The van der Waals surface area contributed by atoms with Gasteiger partial charge < -0.3 is 41.3 Å². The maximum atomic E-state index is 13.8. The molecule has 1 saturated heterocycles. The van der Waals surface area contributed by atoms with E-state index >= 15 is 0 Å². The fourth-order valence-electron chi connectivity index (χ4n) is 6.29. The Hall–Kier alpha value is -5.92. The first kappa shape index (κ1) is 39.3. The number of carbonyl (C=O) groups excluding carboxylic acids is 6. The number of ether oxygens (including phenoxy) is 1. The van der Waals surface area contributed by atoms with Crippen molar-refractivity contribution in [1.82, 2.24) is 31.5 Å². The molecule has 2 aliphatic rings. The number of hydrogen-bond acceptors (Lipinski definition) is 8. The van der Waals surface area contributed by atoms with Gasteiger partial charge in [0.25, 0.3) is 5.91 Å². The second kappa shape index (κ2) is 18.2. The first-order chi connectivity index (χ1) is 25.9. The lowest BCUT2D eigenvalue weighted by Gasteiger charge is -2.27. The van der Waals surface area contributed by atoms with Gasteiger partial charge in [0.05, 0.1) is 18.0 Å². The first-order valence-corrected chi connectivity index (χ1v) is 18.2. The van der Waals surface area contributed by atoms with Gasteiger partial charge in [-0.2, -0.15) is 0 Å². The van der Waals surface area contributed by atoms with Crippen molar-refractivity contribution in [2.45, 2.75) is 83.7 Å². The summed E-state index contributed by atoms with van der Waals surface area (Å²) in [5.74, 6) is -3.05. The van der Waals surface area contributed by atoms with E-state index in [1.807, 2.05) is 29.2 Å². The van der Waals surface area contributed by atoms with Gasteiger partial charge in [0.15, 0.2) is 0 Å². The SMILES string of the molecule is CC(C)[C@H]1NC(=O)[C@H](Cc2ccc(O)cc2)NC(=O)C[C@@H](C(=O)NCc2ccc(CN3CCCC3=O)cc2)NC(=O)c2ccccc2OC[C@H](C)NC1=O.